The molecule has 0 spiro atoms. The lowest BCUT2D eigenvalue weighted by atomic mass is 10.1. The van der Waals surface area contributed by atoms with Gasteiger partial charge in [0.1, 0.15) is 6.04 Å². The fraction of sp³-hybridized carbons (Fsp3) is 0.429. The molecular formula is C14H21BrClN3O2S. The number of thioether (sulfide) groups is 1. The van der Waals surface area contributed by atoms with E-state index in [4.69, 9.17) is 5.73 Å². The zero-order valence-electron chi connectivity index (χ0n) is 12.3. The first-order chi connectivity index (χ1) is 10.1. The molecule has 0 saturated heterocycles. The van der Waals surface area contributed by atoms with Gasteiger partial charge in [0.05, 0.1) is 5.56 Å². The van der Waals surface area contributed by atoms with Crippen LogP contribution in [0.5, 0.6) is 0 Å². The second-order valence-corrected chi connectivity index (χ2v) is 6.21. The maximum Gasteiger partial charge on any atom is 0.253 e. The molecule has 2 amide bonds. The minimum atomic E-state index is -0.552. The second kappa shape index (κ2) is 11.8. The SMILES string of the molecule is CSCCC(NC(=O)c1ccccc1Br)C(=O)NCCN.Cl. The number of halogens is 2. The normalized spacial score (nSPS) is 11.2. The molecule has 4 N–H and O–H groups in total. The third-order valence-corrected chi connectivity index (χ3v) is 4.13. The maximum atomic E-state index is 12.3. The molecule has 0 bridgehead atoms. The molecule has 1 unspecified atom stereocenters. The predicted octanol–water partition coefficient (Wildman–Crippen LogP) is 1.80. The zero-order valence-corrected chi connectivity index (χ0v) is 15.5. The van der Waals surface area contributed by atoms with Crippen molar-refractivity contribution < 1.29 is 9.59 Å². The summed E-state index contributed by atoms with van der Waals surface area (Å²) in [7, 11) is 0. The van der Waals surface area contributed by atoms with Crippen molar-refractivity contribution in [1.82, 2.24) is 10.6 Å². The monoisotopic (exact) mass is 409 g/mol. The van der Waals surface area contributed by atoms with Gasteiger partial charge in [0.25, 0.3) is 5.91 Å². The van der Waals surface area contributed by atoms with Gasteiger partial charge in [0.15, 0.2) is 0 Å². The van der Waals surface area contributed by atoms with Crippen LogP contribution in [0, 0.1) is 0 Å². The number of carbonyl (C=O) groups is 2. The summed E-state index contributed by atoms with van der Waals surface area (Å²) in [6.45, 7) is 0.776. The Bertz CT molecular complexity index is 491. The Kier molecular flexibility index (Phi) is 11.4. The van der Waals surface area contributed by atoms with Crippen LogP contribution in [-0.4, -0.2) is 43.0 Å². The third kappa shape index (κ3) is 7.00. The Morgan fingerprint density at radius 2 is 2.05 bits per heavy atom. The minimum absolute atomic E-state index is 0. The molecule has 22 heavy (non-hydrogen) atoms. The third-order valence-electron chi connectivity index (χ3n) is 2.79. The lowest BCUT2D eigenvalue weighted by molar-refractivity contribution is -0.122. The van der Waals surface area contributed by atoms with E-state index in [1.54, 1.807) is 30.0 Å². The van der Waals surface area contributed by atoms with Crippen LogP contribution >= 0.6 is 40.1 Å². The highest BCUT2D eigenvalue weighted by Gasteiger charge is 2.21. The number of carbonyl (C=O) groups excluding carboxylic acids is 2. The highest BCUT2D eigenvalue weighted by atomic mass is 79.9. The van der Waals surface area contributed by atoms with E-state index in [9.17, 15) is 9.59 Å². The standard InChI is InChI=1S/C14H20BrN3O2S.ClH/c1-21-9-6-12(14(20)17-8-7-16)18-13(19)10-4-2-3-5-11(10)15;/h2-5,12H,6-9,16H2,1H3,(H,17,20)(H,18,19);1H. The number of benzene rings is 1. The average molecular weight is 411 g/mol. The second-order valence-electron chi connectivity index (χ2n) is 4.37. The number of hydrogen-bond acceptors (Lipinski definition) is 4. The molecule has 0 aliphatic rings. The number of amides is 2. The first-order valence-corrected chi connectivity index (χ1v) is 8.81. The highest BCUT2D eigenvalue weighted by Crippen LogP contribution is 2.16. The largest absolute Gasteiger partial charge is 0.353 e. The van der Waals surface area contributed by atoms with Gasteiger partial charge in [-0.2, -0.15) is 11.8 Å². The summed E-state index contributed by atoms with van der Waals surface area (Å²) in [5, 5.41) is 5.50. The number of hydrogen-bond donors (Lipinski definition) is 3. The Morgan fingerprint density at radius 1 is 1.36 bits per heavy atom. The molecular weight excluding hydrogens is 390 g/mol. The van der Waals surface area contributed by atoms with Crippen LogP contribution in [0.4, 0.5) is 0 Å². The molecule has 0 aromatic heterocycles. The van der Waals surface area contributed by atoms with Gasteiger partial charge in [-0.1, -0.05) is 12.1 Å². The molecule has 5 nitrogen and oxygen atoms in total. The Hall–Kier alpha value is -0.760. The molecule has 1 aromatic carbocycles. The maximum absolute atomic E-state index is 12.3. The van der Waals surface area contributed by atoms with Gasteiger partial charge in [0, 0.05) is 17.6 Å². The van der Waals surface area contributed by atoms with E-state index < -0.39 is 6.04 Å². The number of nitrogens with two attached hydrogens (primary N) is 1. The van der Waals surface area contributed by atoms with Gasteiger partial charge >= 0.3 is 0 Å². The molecule has 0 aliphatic heterocycles. The Balaban J connectivity index is 0.00000441. The topological polar surface area (TPSA) is 84.2 Å². The van der Waals surface area contributed by atoms with Crippen molar-refractivity contribution in [2.24, 2.45) is 5.73 Å². The van der Waals surface area contributed by atoms with E-state index in [0.29, 0.717) is 29.5 Å². The lowest BCUT2D eigenvalue weighted by Crippen LogP contribution is -2.48. The summed E-state index contributed by atoms with van der Waals surface area (Å²) >= 11 is 4.97. The molecule has 124 valence electrons. The predicted molar refractivity (Wildman–Crippen MR) is 97.7 cm³/mol. The van der Waals surface area contributed by atoms with Gasteiger partial charge in [-0.3, -0.25) is 9.59 Å². The van der Waals surface area contributed by atoms with E-state index in [0.717, 1.165) is 5.75 Å². The summed E-state index contributed by atoms with van der Waals surface area (Å²) in [5.74, 6) is 0.322. The Morgan fingerprint density at radius 3 is 2.64 bits per heavy atom. The molecule has 8 heteroatoms. The van der Waals surface area contributed by atoms with Crippen molar-refractivity contribution in [2.75, 3.05) is 25.1 Å². The van der Waals surface area contributed by atoms with Gasteiger partial charge in [-0.15, -0.1) is 12.4 Å². The summed E-state index contributed by atoms with van der Waals surface area (Å²) in [6.07, 6.45) is 2.54. The number of nitrogens with one attached hydrogen (secondary N) is 2. The molecule has 1 rings (SSSR count). The van der Waals surface area contributed by atoms with E-state index in [1.165, 1.54) is 0 Å². The minimum Gasteiger partial charge on any atom is -0.353 e. The van der Waals surface area contributed by atoms with Crippen LogP contribution in [0.1, 0.15) is 16.8 Å². The molecule has 0 fully saturated rings. The molecule has 0 saturated carbocycles. The summed E-state index contributed by atoms with van der Waals surface area (Å²) in [6, 6.07) is 6.57. The van der Waals surface area contributed by atoms with Gasteiger partial charge in [-0.05, 0) is 46.5 Å². The van der Waals surface area contributed by atoms with Crippen molar-refractivity contribution >= 4 is 51.9 Å². The van der Waals surface area contributed by atoms with Gasteiger partial charge in [0.2, 0.25) is 5.91 Å². The van der Waals surface area contributed by atoms with Crippen LogP contribution < -0.4 is 16.4 Å². The zero-order chi connectivity index (χ0) is 15.7. The Labute approximate surface area is 149 Å². The molecule has 1 aromatic rings. The van der Waals surface area contributed by atoms with Crippen LogP contribution in [0.15, 0.2) is 28.7 Å². The van der Waals surface area contributed by atoms with Crippen molar-refractivity contribution in [3.05, 3.63) is 34.3 Å². The van der Waals surface area contributed by atoms with Crippen LogP contribution in [0.3, 0.4) is 0 Å². The summed E-state index contributed by atoms with van der Waals surface area (Å²) in [4.78, 5) is 24.3. The fourth-order valence-electron chi connectivity index (χ4n) is 1.70. The first-order valence-electron chi connectivity index (χ1n) is 6.62. The van der Waals surface area contributed by atoms with E-state index in [-0.39, 0.29) is 24.2 Å². The van der Waals surface area contributed by atoms with Crippen LogP contribution in [0.25, 0.3) is 0 Å². The quantitative estimate of drug-likeness (QED) is 0.610. The van der Waals surface area contributed by atoms with Crippen molar-refractivity contribution in [3.8, 4) is 0 Å². The molecule has 0 aliphatic carbocycles. The molecule has 0 radical (unpaired) electrons. The first kappa shape index (κ1) is 21.2. The highest BCUT2D eigenvalue weighted by molar-refractivity contribution is 9.10. The fourth-order valence-corrected chi connectivity index (χ4v) is 2.64. The van der Waals surface area contributed by atoms with E-state index in [1.807, 2.05) is 12.3 Å². The molecule has 1 atom stereocenters. The lowest BCUT2D eigenvalue weighted by Gasteiger charge is -2.18. The summed E-state index contributed by atoms with van der Waals surface area (Å²) in [5.41, 5.74) is 5.89. The van der Waals surface area contributed by atoms with Crippen molar-refractivity contribution in [2.45, 2.75) is 12.5 Å². The van der Waals surface area contributed by atoms with E-state index in [2.05, 4.69) is 26.6 Å². The van der Waals surface area contributed by atoms with Gasteiger partial charge in [-0.25, -0.2) is 0 Å². The van der Waals surface area contributed by atoms with Crippen LogP contribution in [-0.2, 0) is 4.79 Å². The molecule has 0 heterocycles. The van der Waals surface area contributed by atoms with Crippen LogP contribution in [0.2, 0.25) is 0 Å². The van der Waals surface area contributed by atoms with Gasteiger partial charge < -0.3 is 16.4 Å². The van der Waals surface area contributed by atoms with Crippen molar-refractivity contribution in [3.63, 3.8) is 0 Å². The average Bonchev–Trinajstić information content (AvgIpc) is 2.49. The number of rotatable bonds is 8. The van der Waals surface area contributed by atoms with E-state index >= 15 is 0 Å². The smallest absolute Gasteiger partial charge is 0.253 e. The van der Waals surface area contributed by atoms with Crippen molar-refractivity contribution in [1.29, 1.82) is 0 Å². The summed E-state index contributed by atoms with van der Waals surface area (Å²) < 4.78 is 0.702.